The lowest BCUT2D eigenvalue weighted by Gasteiger charge is -2.37. The molecule has 2 unspecified atom stereocenters. The van der Waals surface area contributed by atoms with Crippen LogP contribution in [0.4, 0.5) is 0 Å². The summed E-state index contributed by atoms with van der Waals surface area (Å²) >= 11 is 0. The van der Waals surface area contributed by atoms with Crippen LogP contribution in [0.1, 0.15) is 33.6 Å². The summed E-state index contributed by atoms with van der Waals surface area (Å²) in [5, 5.41) is 7.70. The summed E-state index contributed by atoms with van der Waals surface area (Å²) in [6, 6.07) is 0.0456. The Balaban J connectivity index is 2.09. The molecule has 0 spiro atoms. The van der Waals surface area contributed by atoms with Gasteiger partial charge >= 0.3 is 0 Å². The van der Waals surface area contributed by atoms with Crippen molar-refractivity contribution >= 4 is 5.71 Å². The lowest BCUT2D eigenvalue weighted by molar-refractivity contribution is 0.430. The first-order valence-corrected chi connectivity index (χ1v) is 7.08. The molecule has 0 radical (unpaired) electrons. The van der Waals surface area contributed by atoms with Gasteiger partial charge in [-0.25, -0.2) is 0 Å². The van der Waals surface area contributed by atoms with E-state index in [4.69, 9.17) is 15.1 Å². The molecule has 1 aliphatic carbocycles. The Morgan fingerprint density at radius 3 is 2.62 bits per heavy atom. The molecule has 21 heavy (non-hydrogen) atoms. The molecule has 5 heteroatoms. The van der Waals surface area contributed by atoms with Gasteiger partial charge in [-0.3, -0.25) is 4.99 Å². The van der Waals surface area contributed by atoms with Crippen molar-refractivity contribution in [2.75, 3.05) is 0 Å². The van der Waals surface area contributed by atoms with Crippen LogP contribution in [-0.4, -0.2) is 22.0 Å². The second-order valence-corrected chi connectivity index (χ2v) is 6.63. The zero-order chi connectivity index (χ0) is 15.2. The van der Waals surface area contributed by atoms with Crippen LogP contribution in [-0.2, 0) is 0 Å². The van der Waals surface area contributed by atoms with Gasteiger partial charge < -0.3 is 10.2 Å². The van der Waals surface area contributed by atoms with Crippen molar-refractivity contribution < 1.29 is 4.42 Å². The summed E-state index contributed by atoms with van der Waals surface area (Å²) in [5.74, 6) is 0.666. The van der Waals surface area contributed by atoms with Crippen LogP contribution in [0.3, 0.4) is 0 Å². The summed E-state index contributed by atoms with van der Waals surface area (Å²) < 4.78 is 5.29. The van der Waals surface area contributed by atoms with Crippen LogP contribution in [0.25, 0.3) is 0 Å². The van der Waals surface area contributed by atoms with Gasteiger partial charge in [0.05, 0.1) is 6.04 Å². The Morgan fingerprint density at radius 1 is 1.24 bits per heavy atom. The lowest BCUT2D eigenvalue weighted by atomic mass is 9.72. The van der Waals surface area contributed by atoms with E-state index in [0.29, 0.717) is 5.89 Å². The third-order valence-electron chi connectivity index (χ3n) is 3.97. The molecule has 0 saturated carbocycles. The molecule has 0 aromatic carbocycles. The van der Waals surface area contributed by atoms with Crippen LogP contribution < -0.4 is 5.73 Å². The van der Waals surface area contributed by atoms with Crippen LogP contribution >= 0.6 is 0 Å². The van der Waals surface area contributed by atoms with Gasteiger partial charge in [-0.2, -0.15) is 0 Å². The summed E-state index contributed by atoms with van der Waals surface area (Å²) in [4.78, 5) is 4.85. The molecule has 0 amide bonds. The number of rotatable bonds is 1. The third kappa shape index (κ3) is 2.44. The zero-order valence-corrected chi connectivity index (χ0v) is 12.8. The predicted octanol–water partition coefficient (Wildman–Crippen LogP) is 2.63. The second-order valence-electron chi connectivity index (χ2n) is 6.63. The summed E-state index contributed by atoms with van der Waals surface area (Å²) in [7, 11) is 0. The van der Waals surface area contributed by atoms with E-state index in [1.165, 1.54) is 17.5 Å². The van der Waals surface area contributed by atoms with E-state index in [-0.39, 0.29) is 17.4 Å². The van der Waals surface area contributed by atoms with Gasteiger partial charge in [0.15, 0.2) is 0 Å². The van der Waals surface area contributed by atoms with E-state index >= 15 is 0 Å². The molecule has 3 rings (SSSR count). The quantitative estimate of drug-likeness (QED) is 0.860. The fraction of sp³-hybridized carbons (Fsp3) is 0.438. The Kier molecular flexibility index (Phi) is 3.08. The van der Waals surface area contributed by atoms with Crippen LogP contribution in [0.2, 0.25) is 0 Å². The maximum Gasteiger partial charge on any atom is 0.265 e. The standard InChI is InChI=1S/C16H20N4O/c1-9-5-13(15-20-18-8-21-15)19-14-11(9)6-10(17)7-12(14)16(2,3)4/h5-8,11,14H,17H2,1-4H3. The first kappa shape index (κ1) is 13.8. The fourth-order valence-corrected chi connectivity index (χ4v) is 2.90. The number of allylic oxidation sites excluding steroid dienone is 2. The largest absolute Gasteiger partial charge is 0.422 e. The van der Waals surface area contributed by atoms with Crippen molar-refractivity contribution in [2.45, 2.75) is 33.7 Å². The highest BCUT2D eigenvalue weighted by atomic mass is 16.4. The minimum atomic E-state index is 0.00285. The van der Waals surface area contributed by atoms with Gasteiger partial charge in [-0.1, -0.05) is 32.4 Å². The average Bonchev–Trinajstić information content (AvgIpc) is 2.91. The van der Waals surface area contributed by atoms with Crippen molar-refractivity contribution in [3.8, 4) is 0 Å². The molecule has 2 N–H and O–H groups in total. The molecule has 1 aliphatic heterocycles. The topological polar surface area (TPSA) is 77.3 Å². The highest BCUT2D eigenvalue weighted by Crippen LogP contribution is 2.41. The van der Waals surface area contributed by atoms with Gasteiger partial charge in [0.25, 0.3) is 5.89 Å². The molecule has 2 aliphatic rings. The Labute approximate surface area is 124 Å². The number of dihydropyridines is 1. The minimum absolute atomic E-state index is 0.00285. The fourth-order valence-electron chi connectivity index (χ4n) is 2.90. The first-order valence-electron chi connectivity index (χ1n) is 7.08. The van der Waals surface area contributed by atoms with Crippen molar-refractivity contribution in [1.82, 2.24) is 10.2 Å². The van der Waals surface area contributed by atoms with Crippen LogP contribution in [0.15, 0.2) is 50.9 Å². The molecule has 1 aromatic heterocycles. The molecule has 110 valence electrons. The summed E-state index contributed by atoms with van der Waals surface area (Å²) in [6.07, 6.45) is 7.46. The average molecular weight is 284 g/mol. The maximum absolute atomic E-state index is 6.09. The Morgan fingerprint density at radius 2 is 2.00 bits per heavy atom. The van der Waals surface area contributed by atoms with E-state index in [9.17, 15) is 0 Å². The van der Waals surface area contributed by atoms with Gasteiger partial charge in [0, 0.05) is 11.6 Å². The SMILES string of the molecule is CC1=CC(c2nnco2)=NC2C(C(C)(C)C)=CC(N)=CC12. The molecule has 0 saturated heterocycles. The van der Waals surface area contributed by atoms with Crippen molar-refractivity contribution in [3.63, 3.8) is 0 Å². The Hall–Kier alpha value is -2.17. The number of nitrogens with two attached hydrogens (primary N) is 1. The lowest BCUT2D eigenvalue weighted by Crippen LogP contribution is -2.34. The normalized spacial score (nSPS) is 25.5. The molecule has 0 bridgehead atoms. The molecule has 0 fully saturated rings. The van der Waals surface area contributed by atoms with Gasteiger partial charge in [0.1, 0.15) is 5.71 Å². The monoisotopic (exact) mass is 284 g/mol. The number of aliphatic imine (C=N–C) groups is 1. The summed E-state index contributed by atoms with van der Waals surface area (Å²) in [6.45, 7) is 8.65. The molecule has 5 nitrogen and oxygen atoms in total. The number of fused-ring (bicyclic) bond motifs is 1. The van der Waals surface area contributed by atoms with Crippen molar-refractivity contribution in [3.05, 3.63) is 47.4 Å². The smallest absolute Gasteiger partial charge is 0.265 e. The summed E-state index contributed by atoms with van der Waals surface area (Å²) in [5.41, 5.74) is 10.1. The van der Waals surface area contributed by atoms with Crippen LogP contribution in [0.5, 0.6) is 0 Å². The zero-order valence-electron chi connectivity index (χ0n) is 12.8. The van der Waals surface area contributed by atoms with Crippen molar-refractivity contribution in [1.29, 1.82) is 0 Å². The number of nitrogens with zero attached hydrogens (tertiary/aromatic N) is 3. The Bertz CT molecular complexity index is 672. The predicted molar refractivity (Wildman–Crippen MR) is 81.7 cm³/mol. The molecule has 2 heterocycles. The van der Waals surface area contributed by atoms with Crippen molar-refractivity contribution in [2.24, 2.45) is 22.1 Å². The van der Waals surface area contributed by atoms with E-state index in [0.717, 1.165) is 11.4 Å². The van der Waals surface area contributed by atoms with Crippen LogP contribution in [0, 0.1) is 11.3 Å². The van der Waals surface area contributed by atoms with Gasteiger partial charge in [-0.05, 0) is 30.1 Å². The second kappa shape index (κ2) is 4.69. The van der Waals surface area contributed by atoms with E-state index < -0.39 is 0 Å². The molecular weight excluding hydrogens is 264 g/mol. The minimum Gasteiger partial charge on any atom is -0.422 e. The van der Waals surface area contributed by atoms with E-state index in [2.05, 4.69) is 50.0 Å². The van der Waals surface area contributed by atoms with E-state index in [1.807, 2.05) is 6.08 Å². The number of aromatic nitrogens is 2. The maximum atomic E-state index is 6.09. The van der Waals surface area contributed by atoms with Gasteiger partial charge in [0.2, 0.25) is 6.39 Å². The first-order chi connectivity index (χ1) is 9.86. The molecular formula is C16H20N4O. The molecule has 1 aromatic rings. The third-order valence-corrected chi connectivity index (χ3v) is 3.97. The highest BCUT2D eigenvalue weighted by molar-refractivity contribution is 6.06. The molecule has 2 atom stereocenters. The number of hydrogen-bond donors (Lipinski definition) is 1. The van der Waals surface area contributed by atoms with E-state index in [1.54, 1.807) is 0 Å². The van der Waals surface area contributed by atoms with Gasteiger partial charge in [-0.15, -0.1) is 10.2 Å². The number of hydrogen-bond acceptors (Lipinski definition) is 5. The highest BCUT2D eigenvalue weighted by Gasteiger charge is 2.36.